The van der Waals surface area contributed by atoms with Gasteiger partial charge >= 0.3 is 0 Å². The Bertz CT molecular complexity index is 1740. The third-order valence-corrected chi connectivity index (χ3v) is 8.40. The fraction of sp³-hybridized carbons (Fsp3) is 0.235. The number of amides is 1. The molecule has 11 heteroatoms. The highest BCUT2D eigenvalue weighted by atomic mass is 32.2. The number of hydrogen-bond donors (Lipinski definition) is 1. The summed E-state index contributed by atoms with van der Waals surface area (Å²) in [6.07, 6.45) is 1.45. The van der Waals surface area contributed by atoms with Gasteiger partial charge in [-0.25, -0.2) is 13.8 Å². The molecule has 0 spiro atoms. The quantitative estimate of drug-likeness (QED) is 0.141. The normalized spacial score (nSPS) is 11.2. The second kappa shape index (κ2) is 15.1. The zero-order chi connectivity index (χ0) is 32.4. The first-order valence-electron chi connectivity index (χ1n) is 14.2. The Morgan fingerprint density at radius 1 is 0.822 bits per heavy atom. The number of nitrogens with one attached hydrogen (secondary N) is 1. The molecule has 0 aliphatic heterocycles. The fourth-order valence-electron chi connectivity index (χ4n) is 4.59. The third kappa shape index (κ3) is 8.54. The van der Waals surface area contributed by atoms with Gasteiger partial charge in [0, 0.05) is 6.07 Å². The molecular weight excluding hydrogens is 594 g/mol. The van der Waals surface area contributed by atoms with Crippen molar-refractivity contribution < 1.29 is 32.2 Å². The lowest BCUT2D eigenvalue weighted by Crippen LogP contribution is -2.39. The molecule has 1 amide bonds. The first kappa shape index (κ1) is 32.9. The van der Waals surface area contributed by atoms with Crippen LogP contribution >= 0.6 is 0 Å². The molecule has 4 aromatic rings. The molecule has 4 aromatic carbocycles. The van der Waals surface area contributed by atoms with Crippen molar-refractivity contribution in [1.82, 2.24) is 5.43 Å². The SMILES string of the molecule is CCOc1cc(/C=N\NC(=O)CN(c2cc(C)cc(C)c2)S(=O)(=O)c2ccc(OC)c(OC)c2)ccc1OCc1ccccc1. The summed E-state index contributed by atoms with van der Waals surface area (Å²) < 4.78 is 51.2. The van der Waals surface area contributed by atoms with Crippen molar-refractivity contribution >= 4 is 27.8 Å². The molecule has 0 saturated heterocycles. The van der Waals surface area contributed by atoms with Crippen LogP contribution in [-0.4, -0.2) is 47.9 Å². The lowest BCUT2D eigenvalue weighted by molar-refractivity contribution is -0.119. The number of hydrogen-bond acceptors (Lipinski definition) is 8. The lowest BCUT2D eigenvalue weighted by Gasteiger charge is -2.25. The van der Waals surface area contributed by atoms with Crippen LogP contribution in [0.15, 0.2) is 94.9 Å². The van der Waals surface area contributed by atoms with E-state index in [1.54, 1.807) is 30.3 Å². The van der Waals surface area contributed by atoms with Crippen LogP contribution in [0.3, 0.4) is 0 Å². The van der Waals surface area contributed by atoms with Crippen molar-refractivity contribution in [2.45, 2.75) is 32.3 Å². The molecule has 0 aliphatic rings. The number of anilines is 1. The number of sulfonamides is 1. The molecular formula is C34H37N3O7S. The smallest absolute Gasteiger partial charge is 0.264 e. The number of carbonyl (C=O) groups excluding carboxylic acids is 1. The second-order valence-electron chi connectivity index (χ2n) is 10.1. The molecule has 0 bridgehead atoms. The molecule has 45 heavy (non-hydrogen) atoms. The Morgan fingerprint density at radius 3 is 2.18 bits per heavy atom. The maximum absolute atomic E-state index is 13.9. The van der Waals surface area contributed by atoms with E-state index in [4.69, 9.17) is 18.9 Å². The fourth-order valence-corrected chi connectivity index (χ4v) is 6.01. The van der Waals surface area contributed by atoms with Crippen LogP contribution in [0.25, 0.3) is 0 Å². The van der Waals surface area contributed by atoms with Gasteiger partial charge in [0.25, 0.3) is 15.9 Å². The average molecular weight is 632 g/mol. The zero-order valence-corrected chi connectivity index (χ0v) is 26.8. The predicted molar refractivity (Wildman–Crippen MR) is 174 cm³/mol. The van der Waals surface area contributed by atoms with Crippen molar-refractivity contribution in [2.75, 3.05) is 31.7 Å². The number of nitrogens with zero attached hydrogens (tertiary/aromatic N) is 2. The van der Waals surface area contributed by atoms with E-state index in [0.29, 0.717) is 41.7 Å². The maximum Gasteiger partial charge on any atom is 0.264 e. The average Bonchev–Trinajstić information content (AvgIpc) is 3.03. The van der Waals surface area contributed by atoms with E-state index in [9.17, 15) is 13.2 Å². The van der Waals surface area contributed by atoms with E-state index in [1.165, 1.54) is 38.6 Å². The van der Waals surface area contributed by atoms with E-state index >= 15 is 0 Å². The molecule has 0 atom stereocenters. The van der Waals surface area contributed by atoms with E-state index in [1.807, 2.05) is 57.2 Å². The minimum Gasteiger partial charge on any atom is -0.493 e. The first-order valence-corrected chi connectivity index (χ1v) is 15.7. The lowest BCUT2D eigenvalue weighted by atomic mass is 10.1. The number of rotatable bonds is 14. The molecule has 4 rings (SSSR count). The van der Waals surface area contributed by atoms with Gasteiger partial charge in [-0.15, -0.1) is 0 Å². The molecule has 0 saturated carbocycles. The summed E-state index contributed by atoms with van der Waals surface area (Å²) in [6, 6.07) is 24.7. The van der Waals surface area contributed by atoms with Crippen molar-refractivity contribution in [3.63, 3.8) is 0 Å². The maximum atomic E-state index is 13.9. The number of hydrazone groups is 1. The monoisotopic (exact) mass is 631 g/mol. The molecule has 0 aliphatic carbocycles. The van der Waals surface area contributed by atoms with E-state index < -0.39 is 22.5 Å². The van der Waals surface area contributed by atoms with Crippen molar-refractivity contribution in [3.8, 4) is 23.0 Å². The summed E-state index contributed by atoms with van der Waals surface area (Å²) in [6.45, 7) is 5.88. The summed E-state index contributed by atoms with van der Waals surface area (Å²) in [4.78, 5) is 13.1. The van der Waals surface area contributed by atoms with E-state index in [2.05, 4.69) is 10.5 Å². The topological polar surface area (TPSA) is 116 Å². The minimum absolute atomic E-state index is 0.0614. The first-order chi connectivity index (χ1) is 21.6. The van der Waals surface area contributed by atoms with Crippen molar-refractivity contribution in [1.29, 1.82) is 0 Å². The van der Waals surface area contributed by atoms with Crippen LogP contribution in [0.4, 0.5) is 5.69 Å². The van der Waals surface area contributed by atoms with Gasteiger partial charge in [-0.05, 0) is 85.5 Å². The van der Waals surface area contributed by atoms with Gasteiger partial charge in [0.2, 0.25) is 0 Å². The Labute approximate surface area is 264 Å². The van der Waals surface area contributed by atoms with Gasteiger partial charge in [-0.2, -0.15) is 5.10 Å². The van der Waals surface area contributed by atoms with Crippen LogP contribution in [0.2, 0.25) is 0 Å². The predicted octanol–water partition coefficient (Wildman–Crippen LogP) is 5.64. The van der Waals surface area contributed by atoms with Gasteiger partial charge in [-0.1, -0.05) is 36.4 Å². The Kier molecular flexibility index (Phi) is 11.0. The summed E-state index contributed by atoms with van der Waals surface area (Å²) in [5.74, 6) is 1.10. The van der Waals surface area contributed by atoms with Crippen LogP contribution in [0.1, 0.15) is 29.2 Å². The highest BCUT2D eigenvalue weighted by molar-refractivity contribution is 7.92. The molecule has 0 unspecified atom stereocenters. The van der Waals surface area contributed by atoms with E-state index in [-0.39, 0.29) is 10.6 Å². The van der Waals surface area contributed by atoms with Gasteiger partial charge in [0.05, 0.1) is 37.6 Å². The molecule has 10 nitrogen and oxygen atoms in total. The summed E-state index contributed by atoms with van der Waals surface area (Å²) in [5.41, 5.74) is 6.15. The standard InChI is InChI=1S/C34H37N3O7S/c1-6-43-33-19-27(12-14-31(33)44-23-26-10-8-7-9-11-26)21-35-36-34(38)22-37(28-17-24(2)16-25(3)18-28)45(39,40)29-13-15-30(41-4)32(20-29)42-5/h7-21H,6,22-23H2,1-5H3,(H,36,38)/b35-21-. The van der Waals surface area contributed by atoms with Gasteiger partial charge in [0.1, 0.15) is 13.2 Å². The van der Waals surface area contributed by atoms with Gasteiger partial charge < -0.3 is 18.9 Å². The number of aryl methyl sites for hydroxylation is 2. The molecule has 0 radical (unpaired) electrons. The highest BCUT2D eigenvalue weighted by Crippen LogP contribution is 2.33. The molecule has 0 aromatic heterocycles. The number of benzene rings is 4. The molecule has 1 N–H and O–H groups in total. The van der Waals surface area contributed by atoms with Crippen LogP contribution in [0, 0.1) is 13.8 Å². The molecule has 0 fully saturated rings. The summed E-state index contributed by atoms with van der Waals surface area (Å²) in [7, 11) is -1.32. The molecule has 236 valence electrons. The summed E-state index contributed by atoms with van der Waals surface area (Å²) in [5, 5.41) is 4.07. The Morgan fingerprint density at radius 2 is 1.51 bits per heavy atom. The minimum atomic E-state index is -4.21. The Hall–Kier alpha value is -5.03. The molecule has 0 heterocycles. The van der Waals surface area contributed by atoms with Crippen LogP contribution < -0.4 is 28.7 Å². The highest BCUT2D eigenvalue weighted by Gasteiger charge is 2.28. The van der Waals surface area contributed by atoms with Gasteiger partial charge in [0.15, 0.2) is 23.0 Å². The number of methoxy groups -OCH3 is 2. The second-order valence-corrected chi connectivity index (χ2v) is 11.9. The zero-order valence-electron chi connectivity index (χ0n) is 25.9. The van der Waals surface area contributed by atoms with Crippen LogP contribution in [-0.2, 0) is 21.4 Å². The van der Waals surface area contributed by atoms with Crippen molar-refractivity contribution in [3.05, 3.63) is 107 Å². The number of carbonyl (C=O) groups is 1. The van der Waals surface area contributed by atoms with Crippen molar-refractivity contribution in [2.24, 2.45) is 5.10 Å². The van der Waals surface area contributed by atoms with Gasteiger partial charge in [-0.3, -0.25) is 9.10 Å². The van der Waals surface area contributed by atoms with E-state index in [0.717, 1.165) is 21.0 Å². The largest absolute Gasteiger partial charge is 0.493 e. The third-order valence-electron chi connectivity index (χ3n) is 6.63. The number of ether oxygens (including phenoxy) is 4. The van der Waals surface area contributed by atoms with Crippen LogP contribution in [0.5, 0.6) is 23.0 Å². The summed E-state index contributed by atoms with van der Waals surface area (Å²) >= 11 is 0. The Balaban J connectivity index is 1.53.